The Bertz CT molecular complexity index is 720. The van der Waals surface area contributed by atoms with Gasteiger partial charge >= 0.3 is 0 Å². The molecule has 1 spiro atoms. The molecule has 122 valence electrons. The number of hydrogen-bond acceptors (Lipinski definition) is 6. The van der Waals surface area contributed by atoms with E-state index in [1.54, 1.807) is 19.1 Å². The highest BCUT2D eigenvalue weighted by Gasteiger charge is 2.59. The lowest BCUT2D eigenvalue weighted by molar-refractivity contribution is -0.118. The summed E-state index contributed by atoms with van der Waals surface area (Å²) in [6.45, 7) is 1.80. The van der Waals surface area contributed by atoms with Gasteiger partial charge in [0.25, 0.3) is 0 Å². The maximum Gasteiger partial charge on any atom is 0.231 e. The third-order valence-electron chi connectivity index (χ3n) is 4.41. The van der Waals surface area contributed by atoms with Gasteiger partial charge in [-0.1, -0.05) is 6.92 Å². The fourth-order valence-electron chi connectivity index (χ4n) is 3.25. The molecular weight excluding hydrogens is 300 g/mol. The first-order chi connectivity index (χ1) is 11.0. The average Bonchev–Trinajstić information content (AvgIpc) is 2.84. The van der Waals surface area contributed by atoms with E-state index in [0.29, 0.717) is 22.8 Å². The summed E-state index contributed by atoms with van der Waals surface area (Å²) in [7, 11) is 4.43. The van der Waals surface area contributed by atoms with Crippen molar-refractivity contribution >= 4 is 11.6 Å². The van der Waals surface area contributed by atoms with Crippen LogP contribution in [0.5, 0.6) is 17.2 Å². The smallest absolute Gasteiger partial charge is 0.231 e. The van der Waals surface area contributed by atoms with Crippen molar-refractivity contribution < 1.29 is 28.5 Å². The highest BCUT2D eigenvalue weighted by Crippen LogP contribution is 2.50. The van der Waals surface area contributed by atoms with Gasteiger partial charge in [-0.2, -0.15) is 0 Å². The molecule has 1 aliphatic heterocycles. The lowest BCUT2D eigenvalue weighted by Gasteiger charge is -2.36. The van der Waals surface area contributed by atoms with Crippen molar-refractivity contribution in [2.24, 2.45) is 5.92 Å². The molecule has 0 amide bonds. The predicted octanol–water partition coefficient (Wildman–Crippen LogP) is 2.16. The van der Waals surface area contributed by atoms with Crippen LogP contribution < -0.4 is 14.2 Å². The van der Waals surface area contributed by atoms with Crippen LogP contribution in [0.25, 0.3) is 0 Å². The number of carbonyl (C=O) groups excluding carboxylic acids is 2. The van der Waals surface area contributed by atoms with Crippen LogP contribution in [0.3, 0.4) is 0 Å². The summed E-state index contributed by atoms with van der Waals surface area (Å²) in [5.74, 6) is 0.787. The van der Waals surface area contributed by atoms with E-state index < -0.39 is 5.60 Å². The first-order valence-corrected chi connectivity index (χ1v) is 7.26. The Kier molecular flexibility index (Phi) is 3.55. The van der Waals surface area contributed by atoms with Gasteiger partial charge in [-0.05, 0) is 0 Å². The molecule has 1 heterocycles. The zero-order valence-corrected chi connectivity index (χ0v) is 13.5. The lowest BCUT2D eigenvalue weighted by atomic mass is 9.75. The fraction of sp³-hybridized carbons (Fsp3) is 0.412. The van der Waals surface area contributed by atoms with E-state index >= 15 is 0 Å². The summed E-state index contributed by atoms with van der Waals surface area (Å²) in [6, 6.07) is 3.27. The van der Waals surface area contributed by atoms with Crippen LogP contribution in [-0.4, -0.2) is 38.5 Å². The Morgan fingerprint density at radius 2 is 1.87 bits per heavy atom. The monoisotopic (exact) mass is 318 g/mol. The van der Waals surface area contributed by atoms with Crippen LogP contribution in [0.1, 0.15) is 23.7 Å². The van der Waals surface area contributed by atoms with Gasteiger partial charge < -0.3 is 18.9 Å². The number of Topliss-reactive ketones (excluding diaryl/α,β-unsaturated/α-hetero) is 1. The standard InChI is InChI=1S/C17H18O6/c1-9-5-10(18)6-14(22-4)17(9)16(19)15-12(21-3)7-11(20-2)8-13(15)23-17/h6-9H,5H2,1-4H3/t9-,17+/m0/s1. The van der Waals surface area contributed by atoms with Gasteiger partial charge in [0.1, 0.15) is 22.8 Å². The highest BCUT2D eigenvalue weighted by atomic mass is 16.6. The van der Waals surface area contributed by atoms with Crippen molar-refractivity contribution in [2.45, 2.75) is 18.9 Å². The summed E-state index contributed by atoms with van der Waals surface area (Å²) >= 11 is 0. The molecule has 0 bridgehead atoms. The zero-order valence-electron chi connectivity index (χ0n) is 13.5. The maximum atomic E-state index is 13.2. The number of methoxy groups -OCH3 is 3. The minimum atomic E-state index is -1.33. The summed E-state index contributed by atoms with van der Waals surface area (Å²) < 4.78 is 21.9. The summed E-state index contributed by atoms with van der Waals surface area (Å²) in [5, 5.41) is 0. The summed E-state index contributed by atoms with van der Waals surface area (Å²) in [5.41, 5.74) is -0.984. The van der Waals surface area contributed by atoms with E-state index in [0.717, 1.165) is 0 Å². The number of hydrogen-bond donors (Lipinski definition) is 0. The van der Waals surface area contributed by atoms with Gasteiger partial charge in [-0.3, -0.25) is 9.59 Å². The second-order valence-corrected chi connectivity index (χ2v) is 5.65. The molecular formula is C17H18O6. The van der Waals surface area contributed by atoms with Crippen molar-refractivity contribution in [3.8, 4) is 17.2 Å². The molecule has 0 aromatic heterocycles. The Balaban J connectivity index is 2.20. The normalized spacial score (nSPS) is 25.7. The van der Waals surface area contributed by atoms with E-state index in [4.69, 9.17) is 18.9 Å². The SMILES string of the molecule is COC1=CC(=O)C[C@H](C)[C@@]12Oc1cc(OC)cc(OC)c1C2=O. The third kappa shape index (κ3) is 2.01. The van der Waals surface area contributed by atoms with Crippen LogP contribution in [0.4, 0.5) is 0 Å². The molecule has 3 rings (SSSR count). The van der Waals surface area contributed by atoms with E-state index in [1.165, 1.54) is 27.4 Å². The van der Waals surface area contributed by atoms with E-state index in [1.807, 2.05) is 0 Å². The van der Waals surface area contributed by atoms with Crippen LogP contribution in [0.2, 0.25) is 0 Å². The zero-order chi connectivity index (χ0) is 16.8. The number of allylic oxidation sites excluding steroid dienone is 1. The molecule has 23 heavy (non-hydrogen) atoms. The van der Waals surface area contributed by atoms with Crippen molar-refractivity contribution in [3.05, 3.63) is 29.5 Å². The van der Waals surface area contributed by atoms with Gasteiger partial charge in [0.2, 0.25) is 11.4 Å². The molecule has 1 aliphatic carbocycles. The maximum absolute atomic E-state index is 13.2. The highest BCUT2D eigenvalue weighted by molar-refractivity contribution is 6.13. The van der Waals surface area contributed by atoms with Gasteiger partial charge in [0, 0.05) is 30.5 Å². The third-order valence-corrected chi connectivity index (χ3v) is 4.41. The first kappa shape index (κ1) is 15.4. The Morgan fingerprint density at radius 3 is 2.48 bits per heavy atom. The number of carbonyl (C=O) groups is 2. The van der Waals surface area contributed by atoms with E-state index in [9.17, 15) is 9.59 Å². The molecule has 6 heteroatoms. The molecule has 0 fully saturated rings. The Labute approximate surface area is 134 Å². The van der Waals surface area contributed by atoms with Crippen molar-refractivity contribution in [1.29, 1.82) is 0 Å². The van der Waals surface area contributed by atoms with Crippen molar-refractivity contribution in [3.63, 3.8) is 0 Å². The van der Waals surface area contributed by atoms with Crippen LogP contribution in [0, 0.1) is 5.92 Å². The van der Waals surface area contributed by atoms with E-state index in [-0.39, 0.29) is 29.7 Å². The molecule has 2 aliphatic rings. The number of rotatable bonds is 3. The molecule has 6 nitrogen and oxygen atoms in total. The molecule has 0 N–H and O–H groups in total. The van der Waals surface area contributed by atoms with Crippen LogP contribution in [-0.2, 0) is 9.53 Å². The molecule has 1 aromatic rings. The van der Waals surface area contributed by atoms with Crippen LogP contribution in [0.15, 0.2) is 24.0 Å². The molecule has 2 atom stereocenters. The van der Waals surface area contributed by atoms with Crippen molar-refractivity contribution in [1.82, 2.24) is 0 Å². The minimum absolute atomic E-state index is 0.0862. The molecule has 0 saturated carbocycles. The van der Waals surface area contributed by atoms with Crippen molar-refractivity contribution in [2.75, 3.05) is 21.3 Å². The fourth-order valence-corrected chi connectivity index (χ4v) is 3.25. The quantitative estimate of drug-likeness (QED) is 0.850. The minimum Gasteiger partial charge on any atom is -0.496 e. The van der Waals surface area contributed by atoms with E-state index in [2.05, 4.69) is 0 Å². The second-order valence-electron chi connectivity index (χ2n) is 5.65. The number of fused-ring (bicyclic) bond motifs is 1. The van der Waals surface area contributed by atoms with Gasteiger partial charge in [0.05, 0.1) is 21.3 Å². The number of ketones is 2. The lowest BCUT2D eigenvalue weighted by Crippen LogP contribution is -2.51. The Morgan fingerprint density at radius 1 is 1.13 bits per heavy atom. The van der Waals surface area contributed by atoms with Gasteiger partial charge in [-0.15, -0.1) is 0 Å². The summed E-state index contributed by atoms with van der Waals surface area (Å²) in [6.07, 6.45) is 1.56. The summed E-state index contributed by atoms with van der Waals surface area (Å²) in [4.78, 5) is 25.0. The average molecular weight is 318 g/mol. The first-order valence-electron chi connectivity index (χ1n) is 7.26. The topological polar surface area (TPSA) is 71.1 Å². The Hall–Kier alpha value is -2.50. The molecule has 0 unspecified atom stereocenters. The molecule has 0 saturated heterocycles. The number of benzene rings is 1. The van der Waals surface area contributed by atoms with Gasteiger partial charge in [-0.25, -0.2) is 0 Å². The predicted molar refractivity (Wildman–Crippen MR) is 81.1 cm³/mol. The molecule has 1 aromatic carbocycles. The second kappa shape index (κ2) is 5.30. The van der Waals surface area contributed by atoms with Crippen LogP contribution >= 0.6 is 0 Å². The largest absolute Gasteiger partial charge is 0.496 e. The molecule has 0 radical (unpaired) electrons. The number of ether oxygens (including phenoxy) is 4. The van der Waals surface area contributed by atoms with Gasteiger partial charge in [0.15, 0.2) is 11.5 Å².